The molecule has 2 N–H and O–H groups in total. The van der Waals surface area contributed by atoms with Gasteiger partial charge in [-0.25, -0.2) is 4.39 Å². The lowest BCUT2D eigenvalue weighted by Gasteiger charge is -2.27. The van der Waals surface area contributed by atoms with E-state index in [1.54, 1.807) is 23.9 Å². The zero-order valence-corrected chi connectivity index (χ0v) is 11.6. The van der Waals surface area contributed by atoms with Crippen LogP contribution in [0, 0.1) is 5.82 Å². The van der Waals surface area contributed by atoms with Crippen molar-refractivity contribution in [1.82, 2.24) is 0 Å². The Morgan fingerprint density at radius 1 is 1.41 bits per heavy atom. The van der Waals surface area contributed by atoms with Gasteiger partial charge in [-0.1, -0.05) is 0 Å². The Bertz CT molecular complexity index is 357. The van der Waals surface area contributed by atoms with Crippen molar-refractivity contribution in [3.05, 3.63) is 29.6 Å². The third kappa shape index (κ3) is 4.21. The molecule has 1 rings (SSSR count). The highest BCUT2D eigenvalue weighted by atomic mass is 32.2. The van der Waals surface area contributed by atoms with E-state index in [9.17, 15) is 4.39 Å². The second-order valence-corrected chi connectivity index (χ2v) is 5.18. The van der Waals surface area contributed by atoms with Gasteiger partial charge in [-0.2, -0.15) is 11.8 Å². The van der Waals surface area contributed by atoms with Crippen LogP contribution in [0.2, 0.25) is 0 Å². The fraction of sp³-hybridized carbons (Fsp3) is 0.538. The summed E-state index contributed by atoms with van der Waals surface area (Å²) in [4.78, 5) is 2.11. The Morgan fingerprint density at radius 3 is 2.71 bits per heavy atom. The van der Waals surface area contributed by atoms with Gasteiger partial charge in [-0.05, 0) is 49.9 Å². The Hall–Kier alpha value is -0.740. The lowest BCUT2D eigenvalue weighted by Crippen LogP contribution is -2.30. The van der Waals surface area contributed by atoms with Crippen LogP contribution in [0.3, 0.4) is 0 Å². The highest BCUT2D eigenvalue weighted by molar-refractivity contribution is 7.98. The summed E-state index contributed by atoms with van der Waals surface area (Å²) in [6.07, 6.45) is 2.80. The van der Waals surface area contributed by atoms with E-state index < -0.39 is 0 Å². The molecular formula is C13H21FN2S. The minimum absolute atomic E-state index is 0.186. The maximum absolute atomic E-state index is 13.5. The molecule has 0 radical (unpaired) electrons. The molecule has 0 heterocycles. The number of hydrogen-bond acceptors (Lipinski definition) is 3. The fourth-order valence-electron chi connectivity index (χ4n) is 1.76. The molecule has 0 aliphatic rings. The van der Waals surface area contributed by atoms with E-state index in [1.807, 2.05) is 13.1 Å². The number of nitrogens with two attached hydrogens (primary N) is 1. The van der Waals surface area contributed by atoms with Crippen LogP contribution >= 0.6 is 11.8 Å². The molecule has 0 saturated heterocycles. The molecule has 2 nitrogen and oxygen atoms in total. The first-order valence-corrected chi connectivity index (χ1v) is 7.19. The second-order valence-electron chi connectivity index (χ2n) is 4.27. The SMILES string of the molecule is CSCC(C)N(C)c1cc(F)cc(CCN)c1. The standard InChI is InChI=1S/C13H21FN2S/c1-10(9-17-3)16(2)13-7-11(4-5-15)6-12(14)8-13/h6-8,10H,4-5,9,15H2,1-3H3. The predicted molar refractivity (Wildman–Crippen MR) is 75.4 cm³/mol. The van der Waals surface area contributed by atoms with Gasteiger partial charge in [0.1, 0.15) is 5.82 Å². The normalized spacial score (nSPS) is 12.5. The number of anilines is 1. The van der Waals surface area contributed by atoms with E-state index in [0.717, 1.165) is 23.4 Å². The van der Waals surface area contributed by atoms with E-state index in [4.69, 9.17) is 5.73 Å². The van der Waals surface area contributed by atoms with E-state index in [-0.39, 0.29) is 5.82 Å². The van der Waals surface area contributed by atoms with Crippen LogP contribution in [0.15, 0.2) is 18.2 Å². The Morgan fingerprint density at radius 2 is 2.12 bits per heavy atom. The molecule has 0 spiro atoms. The minimum Gasteiger partial charge on any atom is -0.371 e. The molecule has 0 bridgehead atoms. The van der Waals surface area contributed by atoms with Crippen LogP contribution in [0.25, 0.3) is 0 Å². The van der Waals surface area contributed by atoms with Gasteiger partial charge in [0.05, 0.1) is 0 Å². The third-order valence-corrected chi connectivity index (χ3v) is 3.67. The summed E-state index contributed by atoms with van der Waals surface area (Å²) in [6.45, 7) is 2.69. The van der Waals surface area contributed by atoms with E-state index in [0.29, 0.717) is 12.6 Å². The number of hydrogen-bond donors (Lipinski definition) is 1. The molecule has 0 saturated carbocycles. The summed E-state index contributed by atoms with van der Waals surface area (Å²) in [5.74, 6) is 0.841. The number of rotatable bonds is 6. The van der Waals surface area contributed by atoms with Crippen LogP contribution in [-0.2, 0) is 6.42 Å². The average Bonchev–Trinajstić information content (AvgIpc) is 2.28. The first-order chi connectivity index (χ1) is 8.08. The van der Waals surface area contributed by atoms with Crippen LogP contribution in [-0.4, -0.2) is 31.6 Å². The highest BCUT2D eigenvalue weighted by Crippen LogP contribution is 2.20. The smallest absolute Gasteiger partial charge is 0.125 e. The second kappa shape index (κ2) is 6.87. The number of nitrogens with zero attached hydrogens (tertiary/aromatic N) is 1. The molecule has 1 unspecified atom stereocenters. The molecule has 96 valence electrons. The summed E-state index contributed by atoms with van der Waals surface area (Å²) in [6, 6.07) is 5.55. The van der Waals surface area contributed by atoms with Gasteiger partial charge in [0, 0.05) is 24.5 Å². The maximum atomic E-state index is 13.5. The van der Waals surface area contributed by atoms with Crippen LogP contribution < -0.4 is 10.6 Å². The van der Waals surface area contributed by atoms with Crippen molar-refractivity contribution < 1.29 is 4.39 Å². The van der Waals surface area contributed by atoms with Gasteiger partial charge < -0.3 is 10.6 Å². The topological polar surface area (TPSA) is 29.3 Å². The molecule has 17 heavy (non-hydrogen) atoms. The minimum atomic E-state index is -0.186. The Labute approximate surface area is 107 Å². The summed E-state index contributed by atoms with van der Waals surface area (Å²) < 4.78 is 13.5. The lowest BCUT2D eigenvalue weighted by molar-refractivity contribution is 0.623. The average molecular weight is 256 g/mol. The molecule has 0 fully saturated rings. The van der Waals surface area contributed by atoms with Crippen molar-refractivity contribution in [2.75, 3.05) is 30.5 Å². The van der Waals surface area contributed by atoms with Crippen LogP contribution in [0.4, 0.5) is 10.1 Å². The van der Waals surface area contributed by atoms with Crippen molar-refractivity contribution in [3.63, 3.8) is 0 Å². The summed E-state index contributed by atoms with van der Waals surface area (Å²) >= 11 is 1.80. The van der Waals surface area contributed by atoms with Crippen LogP contribution in [0.5, 0.6) is 0 Å². The highest BCUT2D eigenvalue weighted by Gasteiger charge is 2.11. The van der Waals surface area contributed by atoms with Gasteiger partial charge in [-0.15, -0.1) is 0 Å². The van der Waals surface area contributed by atoms with Crippen LogP contribution in [0.1, 0.15) is 12.5 Å². The number of benzene rings is 1. The molecule has 0 amide bonds. The largest absolute Gasteiger partial charge is 0.371 e. The molecule has 1 aromatic rings. The molecule has 1 aromatic carbocycles. The molecule has 4 heteroatoms. The van der Waals surface area contributed by atoms with Crippen molar-refractivity contribution >= 4 is 17.4 Å². The fourth-order valence-corrected chi connectivity index (χ4v) is 2.46. The Kier molecular flexibility index (Phi) is 5.78. The summed E-state index contributed by atoms with van der Waals surface area (Å²) in [5, 5.41) is 0. The number of halogens is 1. The van der Waals surface area contributed by atoms with Gasteiger partial charge in [-0.3, -0.25) is 0 Å². The van der Waals surface area contributed by atoms with E-state index in [2.05, 4.69) is 18.1 Å². The third-order valence-electron chi connectivity index (χ3n) is 2.85. The van der Waals surface area contributed by atoms with Crippen molar-refractivity contribution in [1.29, 1.82) is 0 Å². The van der Waals surface area contributed by atoms with Crippen molar-refractivity contribution in [3.8, 4) is 0 Å². The first-order valence-electron chi connectivity index (χ1n) is 5.79. The zero-order chi connectivity index (χ0) is 12.8. The molecule has 1 atom stereocenters. The van der Waals surface area contributed by atoms with Gasteiger partial charge in [0.25, 0.3) is 0 Å². The summed E-state index contributed by atoms with van der Waals surface area (Å²) in [7, 11) is 2.00. The van der Waals surface area contributed by atoms with Gasteiger partial charge in [0.15, 0.2) is 0 Å². The molecular weight excluding hydrogens is 235 g/mol. The number of thioether (sulfide) groups is 1. The Balaban J connectivity index is 2.88. The van der Waals surface area contributed by atoms with E-state index >= 15 is 0 Å². The van der Waals surface area contributed by atoms with Gasteiger partial charge in [0.2, 0.25) is 0 Å². The molecule has 0 aromatic heterocycles. The monoisotopic (exact) mass is 256 g/mol. The summed E-state index contributed by atoms with van der Waals surface area (Å²) in [5.41, 5.74) is 7.39. The van der Waals surface area contributed by atoms with Crippen molar-refractivity contribution in [2.45, 2.75) is 19.4 Å². The maximum Gasteiger partial charge on any atom is 0.125 e. The molecule has 0 aliphatic carbocycles. The zero-order valence-electron chi connectivity index (χ0n) is 10.7. The first kappa shape index (κ1) is 14.3. The van der Waals surface area contributed by atoms with Gasteiger partial charge >= 0.3 is 0 Å². The van der Waals surface area contributed by atoms with E-state index in [1.165, 1.54) is 0 Å². The predicted octanol–water partition coefficient (Wildman–Crippen LogP) is 2.51. The quantitative estimate of drug-likeness (QED) is 0.848. The molecule has 0 aliphatic heterocycles. The van der Waals surface area contributed by atoms with Crippen molar-refractivity contribution in [2.24, 2.45) is 5.73 Å². The lowest BCUT2D eigenvalue weighted by atomic mass is 10.1.